The summed E-state index contributed by atoms with van der Waals surface area (Å²) in [5.74, 6) is -2.38. The van der Waals surface area contributed by atoms with Crippen LogP contribution in [0.2, 0.25) is 0 Å². The maximum Gasteiger partial charge on any atom is 0.207 e. The Balaban J connectivity index is 1.80. The van der Waals surface area contributed by atoms with Crippen molar-refractivity contribution >= 4 is 0 Å². The second-order valence-corrected chi connectivity index (χ2v) is 6.59. The van der Waals surface area contributed by atoms with Crippen LogP contribution in [0.5, 0.6) is 11.5 Å². The molecule has 6 N–H and O–H groups in total. The number of phenols is 2. The minimum absolute atomic E-state index is 0.0693. The molecule has 0 aliphatic carbocycles. The maximum absolute atomic E-state index is 10.6. The smallest absolute Gasteiger partial charge is 0.207 e. The standard InChI is InChI=1S/C16H23NO7/c1-8-10-5-12(19)11(18)4-9(10)2-3-17(8)7-16(23)15(22)14(21)13(20)6-24-16/h4-5,8,13-15,18-23H,2-3,6-7H2,1H3/t8-,13-,14-,15+,16-/m1/s1. The highest BCUT2D eigenvalue weighted by atomic mass is 16.6. The number of rotatable bonds is 2. The predicted octanol–water partition coefficient (Wildman–Crippen LogP) is -1.18. The summed E-state index contributed by atoms with van der Waals surface area (Å²) in [5, 5.41) is 59.3. The van der Waals surface area contributed by atoms with E-state index in [9.17, 15) is 30.6 Å². The monoisotopic (exact) mass is 341 g/mol. The van der Waals surface area contributed by atoms with E-state index in [0.717, 1.165) is 11.1 Å². The van der Waals surface area contributed by atoms with Gasteiger partial charge in [0.05, 0.1) is 13.2 Å². The number of phenolic OH excluding ortho intramolecular Hbond substituents is 2. The average Bonchev–Trinajstić information content (AvgIpc) is 2.54. The third-order valence-electron chi connectivity index (χ3n) is 5.02. The number of ether oxygens (including phenoxy) is 1. The lowest BCUT2D eigenvalue weighted by Gasteiger charge is -2.46. The molecule has 8 nitrogen and oxygen atoms in total. The van der Waals surface area contributed by atoms with E-state index in [1.807, 2.05) is 11.8 Å². The van der Waals surface area contributed by atoms with Crippen LogP contribution in [0.15, 0.2) is 12.1 Å². The number of benzene rings is 1. The van der Waals surface area contributed by atoms with E-state index in [2.05, 4.69) is 0 Å². The Bertz CT molecular complexity index is 625. The molecule has 1 aromatic rings. The topological polar surface area (TPSA) is 134 Å². The van der Waals surface area contributed by atoms with Gasteiger partial charge in [0.1, 0.15) is 18.3 Å². The zero-order valence-electron chi connectivity index (χ0n) is 13.3. The maximum atomic E-state index is 10.6. The third-order valence-corrected chi connectivity index (χ3v) is 5.02. The molecule has 0 unspecified atom stereocenters. The van der Waals surface area contributed by atoms with Crippen molar-refractivity contribution in [3.8, 4) is 11.5 Å². The van der Waals surface area contributed by atoms with Crippen molar-refractivity contribution in [3.63, 3.8) is 0 Å². The Morgan fingerprint density at radius 1 is 1.21 bits per heavy atom. The van der Waals surface area contributed by atoms with Crippen LogP contribution in [0.1, 0.15) is 24.1 Å². The Labute approximate surface area is 139 Å². The molecule has 1 saturated heterocycles. The molecule has 2 aliphatic heterocycles. The molecule has 1 fully saturated rings. The van der Waals surface area contributed by atoms with Crippen LogP contribution in [0.25, 0.3) is 0 Å². The second kappa shape index (κ2) is 6.14. The number of fused-ring (bicyclic) bond motifs is 1. The summed E-state index contributed by atoms with van der Waals surface area (Å²) in [5.41, 5.74) is 1.72. The molecule has 2 aliphatic rings. The zero-order chi connectivity index (χ0) is 17.6. The molecule has 134 valence electrons. The molecule has 5 atom stereocenters. The summed E-state index contributed by atoms with van der Waals surface area (Å²) in [6, 6.07) is 2.81. The van der Waals surface area contributed by atoms with Crippen molar-refractivity contribution in [2.45, 2.75) is 43.5 Å². The summed E-state index contributed by atoms with van der Waals surface area (Å²) < 4.78 is 5.21. The van der Waals surface area contributed by atoms with Crippen molar-refractivity contribution in [1.29, 1.82) is 0 Å². The highest BCUT2D eigenvalue weighted by molar-refractivity contribution is 5.47. The van der Waals surface area contributed by atoms with Crippen molar-refractivity contribution in [2.75, 3.05) is 19.7 Å². The number of aliphatic hydroxyl groups excluding tert-OH is 3. The summed E-state index contributed by atoms with van der Waals surface area (Å²) >= 11 is 0. The van der Waals surface area contributed by atoms with Gasteiger partial charge in [-0.25, -0.2) is 0 Å². The van der Waals surface area contributed by atoms with Crippen LogP contribution >= 0.6 is 0 Å². The van der Waals surface area contributed by atoms with E-state index < -0.39 is 24.1 Å². The van der Waals surface area contributed by atoms with E-state index in [4.69, 9.17) is 4.74 Å². The van der Waals surface area contributed by atoms with E-state index in [1.165, 1.54) is 12.1 Å². The van der Waals surface area contributed by atoms with Crippen LogP contribution < -0.4 is 0 Å². The van der Waals surface area contributed by atoms with E-state index >= 15 is 0 Å². The Kier molecular flexibility index (Phi) is 4.45. The minimum Gasteiger partial charge on any atom is -0.504 e. The average molecular weight is 341 g/mol. The fourth-order valence-electron chi connectivity index (χ4n) is 3.43. The Morgan fingerprint density at radius 2 is 1.88 bits per heavy atom. The first-order valence-corrected chi connectivity index (χ1v) is 7.92. The van der Waals surface area contributed by atoms with Gasteiger partial charge in [-0.05, 0) is 36.6 Å². The molecular weight excluding hydrogens is 318 g/mol. The summed E-state index contributed by atoms with van der Waals surface area (Å²) in [6.45, 7) is 2.07. The first-order valence-electron chi connectivity index (χ1n) is 7.92. The molecule has 0 spiro atoms. The molecular formula is C16H23NO7. The van der Waals surface area contributed by atoms with E-state index in [0.29, 0.717) is 13.0 Å². The van der Waals surface area contributed by atoms with Crippen LogP contribution in [-0.2, 0) is 11.2 Å². The summed E-state index contributed by atoms with van der Waals surface area (Å²) in [4.78, 5) is 1.85. The highest BCUT2D eigenvalue weighted by Gasteiger charge is 2.50. The van der Waals surface area contributed by atoms with Gasteiger partial charge in [0, 0.05) is 12.6 Å². The number of hydrogen-bond acceptors (Lipinski definition) is 8. The van der Waals surface area contributed by atoms with Crippen molar-refractivity contribution < 1.29 is 35.4 Å². The first kappa shape index (κ1) is 17.4. The van der Waals surface area contributed by atoms with Gasteiger partial charge in [0.2, 0.25) is 5.79 Å². The molecule has 0 aromatic heterocycles. The van der Waals surface area contributed by atoms with Gasteiger partial charge in [-0.3, -0.25) is 4.90 Å². The molecule has 24 heavy (non-hydrogen) atoms. The Morgan fingerprint density at radius 3 is 2.58 bits per heavy atom. The van der Waals surface area contributed by atoms with Gasteiger partial charge in [-0.1, -0.05) is 0 Å². The van der Waals surface area contributed by atoms with Crippen LogP contribution in [-0.4, -0.2) is 79.3 Å². The molecule has 0 radical (unpaired) electrons. The van der Waals surface area contributed by atoms with Gasteiger partial charge in [-0.2, -0.15) is 0 Å². The zero-order valence-corrected chi connectivity index (χ0v) is 13.3. The van der Waals surface area contributed by atoms with Gasteiger partial charge in [0.25, 0.3) is 0 Å². The predicted molar refractivity (Wildman–Crippen MR) is 82.4 cm³/mol. The SMILES string of the molecule is C[C@@H]1c2cc(O)c(O)cc2CCN1C[C@@]1(O)OC[C@@H](O)[C@@H](O)[C@@H]1O. The number of aliphatic hydroxyl groups is 4. The highest BCUT2D eigenvalue weighted by Crippen LogP contribution is 2.38. The fourth-order valence-corrected chi connectivity index (χ4v) is 3.43. The van der Waals surface area contributed by atoms with Crippen LogP contribution in [0.4, 0.5) is 0 Å². The first-order chi connectivity index (χ1) is 11.2. The van der Waals surface area contributed by atoms with Gasteiger partial charge in [-0.15, -0.1) is 0 Å². The van der Waals surface area contributed by atoms with Crippen molar-refractivity contribution in [3.05, 3.63) is 23.3 Å². The van der Waals surface area contributed by atoms with Gasteiger partial charge in [0.15, 0.2) is 11.5 Å². The van der Waals surface area contributed by atoms with Gasteiger partial charge >= 0.3 is 0 Å². The minimum atomic E-state index is -2.00. The molecule has 0 saturated carbocycles. The number of aromatic hydroxyl groups is 2. The van der Waals surface area contributed by atoms with E-state index in [1.54, 1.807) is 0 Å². The lowest BCUT2D eigenvalue weighted by Crippen LogP contribution is -2.65. The quantitative estimate of drug-likeness (QED) is 0.370. The summed E-state index contributed by atoms with van der Waals surface area (Å²) in [7, 11) is 0. The molecule has 0 amide bonds. The van der Waals surface area contributed by atoms with Crippen molar-refractivity contribution in [2.24, 2.45) is 0 Å². The number of nitrogens with zero attached hydrogens (tertiary/aromatic N) is 1. The fraction of sp³-hybridized carbons (Fsp3) is 0.625. The molecule has 8 heteroatoms. The van der Waals surface area contributed by atoms with Crippen molar-refractivity contribution in [1.82, 2.24) is 4.90 Å². The number of hydrogen-bond donors (Lipinski definition) is 6. The number of β-amino-alcohol motifs (C(OH)–C–C–N with tert-alkyl or cyclic N) is 1. The molecule has 1 aromatic carbocycles. The molecule has 2 heterocycles. The normalized spacial score (nSPS) is 37.2. The molecule has 3 rings (SSSR count). The third kappa shape index (κ3) is 2.85. The lowest BCUT2D eigenvalue weighted by molar-refractivity contribution is -0.326. The van der Waals surface area contributed by atoms with Gasteiger partial charge < -0.3 is 35.4 Å². The second-order valence-electron chi connectivity index (χ2n) is 6.59. The molecule has 0 bridgehead atoms. The van der Waals surface area contributed by atoms with E-state index in [-0.39, 0.29) is 30.7 Å². The largest absolute Gasteiger partial charge is 0.504 e. The summed E-state index contributed by atoms with van der Waals surface area (Å²) in [6.07, 6.45) is -3.79. The lowest BCUT2D eigenvalue weighted by atomic mass is 9.90. The van der Waals surface area contributed by atoms with Crippen LogP contribution in [0.3, 0.4) is 0 Å². The van der Waals surface area contributed by atoms with Crippen LogP contribution in [0, 0.1) is 0 Å². The Hall–Kier alpha value is -1.42.